The van der Waals surface area contributed by atoms with Crippen LogP contribution in [0.5, 0.6) is 17.2 Å². The highest BCUT2D eigenvalue weighted by molar-refractivity contribution is 6.10. The van der Waals surface area contributed by atoms with Gasteiger partial charge in [-0.1, -0.05) is 0 Å². The lowest BCUT2D eigenvalue weighted by atomic mass is 10.1. The van der Waals surface area contributed by atoms with Gasteiger partial charge in [0.15, 0.2) is 17.6 Å². The van der Waals surface area contributed by atoms with E-state index < -0.39 is 64.2 Å². The Morgan fingerprint density at radius 1 is 0.688 bits per heavy atom. The highest BCUT2D eigenvalue weighted by Gasteiger charge is 2.34. The van der Waals surface area contributed by atoms with Crippen LogP contribution in [0.2, 0.25) is 0 Å². The highest BCUT2D eigenvalue weighted by Crippen LogP contribution is 2.39. The number of nitro groups is 1. The first-order valence-corrected chi connectivity index (χ1v) is 18.8. The molecule has 0 heterocycles. The highest BCUT2D eigenvalue weighted by atomic mass is 16.6. The standard InChI is InChI=1S/C43H39N7O14/c1-4-64-35-31(20-18-29(34(35)51)41(56)47-30-19-11-25(43(58)59)21-32(30)62-2)48-39(54)22-5-14-27(15-6-22)46-42(57)33(36(63-3)37(44)52)49-40(55)23-7-12-26(13-8-23)45-38(53)24-9-16-28(17-10-24)50(60)61/h5-21,33,36,51H,4H2,1-3H3,(H2,44,52)(H,45,53)(H,46,57)(H,47,56)(H,48,54)(H,49,55)(H,58,59). The van der Waals surface area contributed by atoms with E-state index in [0.717, 1.165) is 7.11 Å². The number of aromatic carboxylic acids is 1. The molecule has 2 unspecified atom stereocenters. The molecule has 64 heavy (non-hydrogen) atoms. The number of nitrogens with two attached hydrogens (primary N) is 1. The molecule has 0 radical (unpaired) electrons. The third-order valence-electron chi connectivity index (χ3n) is 9.18. The number of anilines is 4. The molecule has 0 spiro atoms. The van der Waals surface area contributed by atoms with Crippen molar-refractivity contribution in [2.24, 2.45) is 5.73 Å². The number of non-ortho nitro benzene ring substituents is 1. The number of nitro benzene ring substituents is 1. The number of methoxy groups -OCH3 is 2. The van der Waals surface area contributed by atoms with Crippen LogP contribution in [-0.2, 0) is 14.3 Å². The number of primary amides is 1. The average molecular weight is 878 g/mol. The molecule has 0 aliphatic rings. The van der Waals surface area contributed by atoms with Crippen LogP contribution in [0.1, 0.15) is 58.7 Å². The van der Waals surface area contributed by atoms with E-state index in [1.165, 1.54) is 110 Å². The predicted molar refractivity (Wildman–Crippen MR) is 229 cm³/mol. The Morgan fingerprint density at radius 2 is 1.20 bits per heavy atom. The quantitative estimate of drug-likeness (QED) is 0.0447. The number of benzene rings is 5. The predicted octanol–water partition coefficient (Wildman–Crippen LogP) is 4.40. The first-order chi connectivity index (χ1) is 30.5. The second kappa shape index (κ2) is 20.6. The van der Waals surface area contributed by atoms with E-state index in [-0.39, 0.29) is 74.4 Å². The molecular formula is C43H39N7O14. The number of phenolic OH excluding ortho intramolecular Hbond substituents is 1. The molecule has 21 nitrogen and oxygen atoms in total. The normalized spacial score (nSPS) is 11.5. The van der Waals surface area contributed by atoms with Gasteiger partial charge in [-0.2, -0.15) is 0 Å². The number of carboxylic acids is 1. The second-order valence-corrected chi connectivity index (χ2v) is 13.3. The molecule has 330 valence electrons. The van der Waals surface area contributed by atoms with Gasteiger partial charge in [-0.25, -0.2) is 4.79 Å². The molecule has 21 heteroatoms. The molecule has 0 aliphatic carbocycles. The molecule has 5 rings (SSSR count). The smallest absolute Gasteiger partial charge is 0.335 e. The van der Waals surface area contributed by atoms with Crippen molar-refractivity contribution in [1.82, 2.24) is 5.32 Å². The maximum atomic E-state index is 13.5. The number of phenols is 1. The van der Waals surface area contributed by atoms with Crippen molar-refractivity contribution in [2.45, 2.75) is 19.1 Å². The molecule has 0 saturated heterocycles. The third-order valence-corrected chi connectivity index (χ3v) is 9.18. The lowest BCUT2D eigenvalue weighted by molar-refractivity contribution is -0.384. The molecule has 0 fully saturated rings. The Labute approximate surface area is 362 Å². The Morgan fingerprint density at radius 3 is 1.73 bits per heavy atom. The van der Waals surface area contributed by atoms with E-state index >= 15 is 0 Å². The van der Waals surface area contributed by atoms with Gasteiger partial charge in [0.1, 0.15) is 11.8 Å². The largest absolute Gasteiger partial charge is 0.504 e. The Bertz CT molecular complexity index is 2620. The van der Waals surface area contributed by atoms with E-state index in [9.17, 15) is 53.9 Å². The minimum absolute atomic E-state index is 0.000970. The minimum Gasteiger partial charge on any atom is -0.504 e. The van der Waals surface area contributed by atoms with E-state index in [2.05, 4.69) is 26.6 Å². The molecule has 0 aromatic heterocycles. The molecule has 5 aromatic rings. The third kappa shape index (κ3) is 11.1. The van der Waals surface area contributed by atoms with Gasteiger partial charge in [0.05, 0.1) is 41.1 Å². The second-order valence-electron chi connectivity index (χ2n) is 13.3. The number of carbonyl (C=O) groups excluding carboxylic acids is 6. The van der Waals surface area contributed by atoms with Gasteiger partial charge in [-0.05, 0) is 97.9 Å². The van der Waals surface area contributed by atoms with Crippen molar-refractivity contribution < 1.29 is 62.9 Å². The van der Waals surface area contributed by atoms with Crippen LogP contribution in [0, 0.1) is 10.1 Å². The maximum absolute atomic E-state index is 13.5. The zero-order chi connectivity index (χ0) is 46.7. The van der Waals surface area contributed by atoms with E-state index in [0.29, 0.717) is 0 Å². The number of rotatable bonds is 18. The summed E-state index contributed by atoms with van der Waals surface area (Å²) in [7, 11) is 2.40. The first-order valence-electron chi connectivity index (χ1n) is 18.8. The zero-order valence-electron chi connectivity index (χ0n) is 34.0. The molecule has 0 aliphatic heterocycles. The number of hydrogen-bond acceptors (Lipinski definition) is 13. The van der Waals surface area contributed by atoms with Crippen LogP contribution in [0.15, 0.2) is 103 Å². The van der Waals surface area contributed by atoms with Crippen molar-refractivity contribution in [3.8, 4) is 17.2 Å². The van der Waals surface area contributed by atoms with Gasteiger partial charge in [-0.3, -0.25) is 38.9 Å². The summed E-state index contributed by atoms with van der Waals surface area (Å²) in [4.78, 5) is 99.9. The van der Waals surface area contributed by atoms with Crippen molar-refractivity contribution in [1.29, 1.82) is 0 Å². The van der Waals surface area contributed by atoms with Gasteiger partial charge in [-0.15, -0.1) is 0 Å². The SMILES string of the molecule is CCOc1c(NC(=O)c2ccc(NC(=O)C(NC(=O)c3ccc(NC(=O)c4ccc([N+](=O)[O-])cc4)cc3)C(OC)C(N)=O)cc2)ccc(C(=O)Nc2ccc(C(=O)O)cc2OC)c1O. The summed E-state index contributed by atoms with van der Waals surface area (Å²) in [6, 6.07) is 20.5. The fraction of sp³-hybridized carbons (Fsp3) is 0.140. The number of ether oxygens (including phenoxy) is 3. The van der Waals surface area contributed by atoms with Crippen molar-refractivity contribution in [2.75, 3.05) is 42.1 Å². The molecule has 2 atom stereocenters. The maximum Gasteiger partial charge on any atom is 0.335 e. The van der Waals surface area contributed by atoms with Crippen LogP contribution in [-0.4, -0.2) is 89.5 Å². The molecule has 6 amide bonds. The minimum atomic E-state index is -1.66. The Balaban J connectivity index is 1.24. The Kier molecular flexibility index (Phi) is 14.9. The van der Waals surface area contributed by atoms with Crippen LogP contribution in [0.25, 0.3) is 0 Å². The van der Waals surface area contributed by atoms with E-state index in [1.807, 2.05) is 0 Å². The molecule has 0 bridgehead atoms. The number of carboxylic acid groups (broad SMARTS) is 1. The lowest BCUT2D eigenvalue weighted by Crippen LogP contribution is -2.56. The number of nitrogens with zero attached hydrogens (tertiary/aromatic N) is 1. The number of nitrogens with one attached hydrogen (secondary N) is 5. The van der Waals surface area contributed by atoms with Crippen molar-refractivity contribution in [3.05, 3.63) is 141 Å². The molecule has 5 aromatic carbocycles. The number of aromatic hydroxyl groups is 1. The topological polar surface area (TPSA) is 317 Å². The van der Waals surface area contributed by atoms with Gasteiger partial charge in [0.2, 0.25) is 11.8 Å². The van der Waals surface area contributed by atoms with Crippen LogP contribution >= 0.6 is 0 Å². The van der Waals surface area contributed by atoms with E-state index in [1.54, 1.807) is 6.92 Å². The fourth-order valence-corrected chi connectivity index (χ4v) is 5.94. The number of hydrogen-bond donors (Lipinski definition) is 8. The van der Waals surface area contributed by atoms with Crippen LogP contribution in [0.3, 0.4) is 0 Å². The molecule has 0 saturated carbocycles. The summed E-state index contributed by atoms with van der Waals surface area (Å²) in [5.41, 5.74) is 5.74. The number of carbonyl (C=O) groups is 7. The summed E-state index contributed by atoms with van der Waals surface area (Å²) in [6.07, 6.45) is -1.63. The van der Waals surface area contributed by atoms with E-state index in [4.69, 9.17) is 19.9 Å². The monoisotopic (exact) mass is 877 g/mol. The average Bonchev–Trinajstić information content (AvgIpc) is 3.27. The zero-order valence-corrected chi connectivity index (χ0v) is 34.0. The van der Waals surface area contributed by atoms with Crippen LogP contribution < -0.4 is 41.8 Å². The lowest BCUT2D eigenvalue weighted by Gasteiger charge is -2.24. The number of amides is 6. The van der Waals surface area contributed by atoms with Crippen molar-refractivity contribution in [3.63, 3.8) is 0 Å². The summed E-state index contributed by atoms with van der Waals surface area (Å²) in [5.74, 6) is -6.84. The summed E-state index contributed by atoms with van der Waals surface area (Å²) in [6.45, 7) is 1.64. The summed E-state index contributed by atoms with van der Waals surface area (Å²) >= 11 is 0. The first kappa shape index (κ1) is 46.2. The van der Waals surface area contributed by atoms with Gasteiger partial charge < -0.3 is 56.7 Å². The van der Waals surface area contributed by atoms with Crippen molar-refractivity contribution >= 4 is 69.8 Å². The van der Waals surface area contributed by atoms with Crippen LogP contribution in [0.4, 0.5) is 28.4 Å². The van der Waals surface area contributed by atoms with Gasteiger partial charge >= 0.3 is 5.97 Å². The molecular weight excluding hydrogens is 839 g/mol. The van der Waals surface area contributed by atoms with Gasteiger partial charge in [0.25, 0.3) is 29.3 Å². The fourth-order valence-electron chi connectivity index (χ4n) is 5.94. The Hall–Kier alpha value is -8.85. The van der Waals surface area contributed by atoms with Gasteiger partial charge in [0, 0.05) is 47.3 Å². The summed E-state index contributed by atoms with van der Waals surface area (Å²) in [5, 5.41) is 44.0. The summed E-state index contributed by atoms with van der Waals surface area (Å²) < 4.78 is 15.9. The molecule has 9 N–H and O–H groups in total.